The van der Waals surface area contributed by atoms with E-state index in [4.69, 9.17) is 9.47 Å². The van der Waals surface area contributed by atoms with Crippen molar-refractivity contribution in [3.8, 4) is 11.5 Å². The van der Waals surface area contributed by atoms with Gasteiger partial charge in [0, 0.05) is 12.6 Å². The lowest BCUT2D eigenvalue weighted by Gasteiger charge is -2.33. The summed E-state index contributed by atoms with van der Waals surface area (Å²) in [6, 6.07) is 19.6. The maximum absolute atomic E-state index is 14.2. The van der Waals surface area contributed by atoms with Crippen LogP contribution in [-0.2, 0) is 26.2 Å². The molecular weight excluding hydrogens is 578 g/mol. The number of carbonyl (C=O) groups excluding carboxylic acids is 2. The molecule has 3 aromatic carbocycles. The Morgan fingerprint density at radius 2 is 1.64 bits per heavy atom. The Labute approximate surface area is 261 Å². The van der Waals surface area contributed by atoms with Crippen LogP contribution in [0.5, 0.6) is 11.5 Å². The Morgan fingerprint density at radius 3 is 2.27 bits per heavy atom. The van der Waals surface area contributed by atoms with Gasteiger partial charge in [0.2, 0.25) is 11.8 Å². The number of methoxy groups -OCH3 is 1. The zero-order valence-corrected chi connectivity index (χ0v) is 26.8. The summed E-state index contributed by atoms with van der Waals surface area (Å²) in [4.78, 5) is 29.2. The van der Waals surface area contributed by atoms with Crippen LogP contribution in [0, 0.1) is 6.92 Å². The number of nitrogens with one attached hydrogen (secondary N) is 1. The van der Waals surface area contributed by atoms with Crippen LogP contribution in [0.2, 0.25) is 0 Å². The Balaban J connectivity index is 1.67. The van der Waals surface area contributed by atoms with Gasteiger partial charge in [-0.1, -0.05) is 49.1 Å². The number of hydrogen-bond acceptors (Lipinski definition) is 6. The molecule has 4 rings (SSSR count). The number of aryl methyl sites for hydroxylation is 1. The molecule has 0 aliphatic heterocycles. The molecule has 9 nitrogen and oxygen atoms in total. The number of nitrogens with zero attached hydrogens (tertiary/aromatic N) is 2. The first-order valence-electron chi connectivity index (χ1n) is 15.2. The fourth-order valence-corrected chi connectivity index (χ4v) is 6.77. The average Bonchev–Trinajstić information content (AvgIpc) is 3.03. The number of hydrogen-bond donors (Lipinski definition) is 1. The molecule has 1 saturated carbocycles. The number of amides is 2. The topological polar surface area (TPSA) is 105 Å². The van der Waals surface area contributed by atoms with Crippen LogP contribution in [0.4, 0.5) is 5.69 Å². The summed E-state index contributed by atoms with van der Waals surface area (Å²) in [5.41, 5.74) is 2.05. The predicted octanol–water partition coefficient (Wildman–Crippen LogP) is 5.46. The van der Waals surface area contributed by atoms with E-state index in [0.29, 0.717) is 23.8 Å². The van der Waals surface area contributed by atoms with Gasteiger partial charge in [0.15, 0.2) is 0 Å². The van der Waals surface area contributed by atoms with Gasteiger partial charge in [-0.25, -0.2) is 8.42 Å². The van der Waals surface area contributed by atoms with E-state index in [9.17, 15) is 18.0 Å². The second-order valence-corrected chi connectivity index (χ2v) is 13.0. The van der Waals surface area contributed by atoms with Crippen molar-refractivity contribution in [1.29, 1.82) is 0 Å². The van der Waals surface area contributed by atoms with Crippen LogP contribution < -0.4 is 19.1 Å². The Kier molecular flexibility index (Phi) is 11.3. The first-order chi connectivity index (χ1) is 21.1. The minimum atomic E-state index is -4.17. The van der Waals surface area contributed by atoms with Crippen LogP contribution in [-0.4, -0.2) is 57.5 Å². The van der Waals surface area contributed by atoms with Crippen molar-refractivity contribution in [2.24, 2.45) is 0 Å². The number of benzene rings is 3. The molecule has 44 heavy (non-hydrogen) atoms. The monoisotopic (exact) mass is 621 g/mol. The number of anilines is 1. The third kappa shape index (κ3) is 8.31. The van der Waals surface area contributed by atoms with E-state index < -0.39 is 28.5 Å². The lowest BCUT2D eigenvalue weighted by Crippen LogP contribution is -2.53. The molecular formula is C34H43N3O6S. The highest BCUT2D eigenvalue weighted by Crippen LogP contribution is 2.27. The standard InChI is InChI=1S/C34H43N3O6S/c1-5-43-30-18-20-32(21-19-30)44(40,41)37(29-16-14-25(2)15-17-29)24-33(38)36(23-27-10-9-13-31(22-27)42-4)26(3)34(39)35-28-11-7-6-8-12-28/h9-10,13-22,26,28H,5-8,11-12,23-24H2,1-4H3,(H,35,39)/t26-/m1/s1. The fraction of sp³-hybridized carbons (Fsp3) is 0.412. The summed E-state index contributed by atoms with van der Waals surface area (Å²) >= 11 is 0. The molecule has 236 valence electrons. The van der Waals surface area contributed by atoms with Crippen molar-refractivity contribution in [2.75, 3.05) is 24.6 Å². The summed E-state index contributed by atoms with van der Waals surface area (Å²) in [7, 11) is -2.61. The van der Waals surface area contributed by atoms with Gasteiger partial charge in [-0.05, 0) is 87.7 Å². The summed E-state index contributed by atoms with van der Waals surface area (Å²) in [6.07, 6.45) is 5.08. The van der Waals surface area contributed by atoms with Crippen molar-refractivity contribution in [2.45, 2.75) is 76.4 Å². The first kappa shape index (κ1) is 32.9. The third-order valence-electron chi connectivity index (χ3n) is 7.93. The molecule has 1 aliphatic carbocycles. The molecule has 0 spiro atoms. The second-order valence-electron chi connectivity index (χ2n) is 11.1. The molecule has 0 radical (unpaired) electrons. The SMILES string of the molecule is CCOc1ccc(S(=O)(=O)N(CC(=O)N(Cc2cccc(OC)c2)[C@H](C)C(=O)NC2CCCCC2)c2ccc(C)cc2)cc1. The summed E-state index contributed by atoms with van der Waals surface area (Å²) in [5, 5.41) is 3.12. The smallest absolute Gasteiger partial charge is 0.264 e. The summed E-state index contributed by atoms with van der Waals surface area (Å²) < 4.78 is 40.1. The lowest BCUT2D eigenvalue weighted by molar-refractivity contribution is -0.139. The quantitative estimate of drug-likeness (QED) is 0.272. The van der Waals surface area contributed by atoms with Gasteiger partial charge in [0.1, 0.15) is 24.1 Å². The van der Waals surface area contributed by atoms with E-state index in [2.05, 4.69) is 5.32 Å². The predicted molar refractivity (Wildman–Crippen MR) is 171 cm³/mol. The maximum Gasteiger partial charge on any atom is 0.264 e. The van der Waals surface area contributed by atoms with E-state index in [-0.39, 0.29) is 23.4 Å². The van der Waals surface area contributed by atoms with Gasteiger partial charge in [-0.15, -0.1) is 0 Å². The fourth-order valence-electron chi connectivity index (χ4n) is 5.36. The zero-order valence-electron chi connectivity index (χ0n) is 26.0. The molecule has 0 saturated heterocycles. The molecule has 1 aliphatic rings. The van der Waals surface area contributed by atoms with Crippen molar-refractivity contribution < 1.29 is 27.5 Å². The van der Waals surface area contributed by atoms with Gasteiger partial charge in [-0.2, -0.15) is 0 Å². The number of carbonyl (C=O) groups is 2. The van der Waals surface area contributed by atoms with Crippen molar-refractivity contribution >= 4 is 27.5 Å². The highest BCUT2D eigenvalue weighted by atomic mass is 32.2. The highest BCUT2D eigenvalue weighted by Gasteiger charge is 2.33. The highest BCUT2D eigenvalue weighted by molar-refractivity contribution is 7.92. The molecule has 0 bridgehead atoms. The van der Waals surface area contributed by atoms with Gasteiger partial charge >= 0.3 is 0 Å². The van der Waals surface area contributed by atoms with Crippen molar-refractivity contribution in [1.82, 2.24) is 10.2 Å². The molecule has 0 aromatic heterocycles. The Morgan fingerprint density at radius 1 is 0.955 bits per heavy atom. The van der Waals surface area contributed by atoms with E-state index in [1.54, 1.807) is 62.6 Å². The molecule has 2 amide bonds. The molecule has 1 N–H and O–H groups in total. The number of ether oxygens (including phenoxy) is 2. The van der Waals surface area contributed by atoms with Crippen molar-refractivity contribution in [3.63, 3.8) is 0 Å². The normalized spacial score (nSPS) is 14.4. The number of rotatable bonds is 13. The van der Waals surface area contributed by atoms with Gasteiger partial charge in [0.05, 0.1) is 24.3 Å². The van der Waals surface area contributed by atoms with E-state index in [0.717, 1.165) is 47.5 Å². The molecule has 0 unspecified atom stereocenters. The van der Waals surface area contributed by atoms with Gasteiger partial charge < -0.3 is 19.7 Å². The molecule has 1 atom stereocenters. The van der Waals surface area contributed by atoms with Gasteiger partial charge in [0.25, 0.3) is 10.0 Å². The van der Waals surface area contributed by atoms with Crippen LogP contribution in [0.15, 0.2) is 77.7 Å². The van der Waals surface area contributed by atoms with Crippen LogP contribution in [0.3, 0.4) is 0 Å². The first-order valence-corrected chi connectivity index (χ1v) is 16.6. The summed E-state index contributed by atoms with van der Waals surface area (Å²) in [5.74, 6) is 0.402. The average molecular weight is 622 g/mol. The zero-order chi connectivity index (χ0) is 31.7. The number of sulfonamides is 1. The second kappa shape index (κ2) is 15.1. The maximum atomic E-state index is 14.2. The molecule has 10 heteroatoms. The van der Waals surface area contributed by atoms with Gasteiger partial charge in [-0.3, -0.25) is 13.9 Å². The Hall–Kier alpha value is -4.05. The van der Waals surface area contributed by atoms with E-state index in [1.165, 1.54) is 17.0 Å². The van der Waals surface area contributed by atoms with E-state index in [1.807, 2.05) is 26.0 Å². The van der Waals surface area contributed by atoms with Crippen LogP contribution in [0.25, 0.3) is 0 Å². The lowest BCUT2D eigenvalue weighted by atomic mass is 9.95. The van der Waals surface area contributed by atoms with Crippen molar-refractivity contribution in [3.05, 3.63) is 83.9 Å². The van der Waals surface area contributed by atoms with E-state index >= 15 is 0 Å². The van der Waals surface area contributed by atoms with Crippen LogP contribution >= 0.6 is 0 Å². The molecule has 0 heterocycles. The minimum absolute atomic E-state index is 0.0248. The molecule has 3 aromatic rings. The largest absolute Gasteiger partial charge is 0.497 e. The third-order valence-corrected chi connectivity index (χ3v) is 9.72. The minimum Gasteiger partial charge on any atom is -0.497 e. The Bertz CT molecular complexity index is 1500. The van der Waals surface area contributed by atoms with Crippen LogP contribution in [0.1, 0.15) is 57.1 Å². The summed E-state index contributed by atoms with van der Waals surface area (Å²) in [6.45, 7) is 5.49. The molecule has 1 fully saturated rings.